The first-order chi connectivity index (χ1) is 13.0. The number of rotatable bonds is 2. The van der Waals surface area contributed by atoms with Crippen LogP contribution in [0.5, 0.6) is 0 Å². The molecule has 4 rings (SSSR count). The molecule has 2 aromatic heterocycles. The van der Waals surface area contributed by atoms with Crippen molar-refractivity contribution in [3.05, 3.63) is 81.1 Å². The molecule has 2 heterocycles. The number of pyridine rings is 1. The maximum Gasteiger partial charge on any atom is 0.332 e. The summed E-state index contributed by atoms with van der Waals surface area (Å²) in [5.41, 5.74) is 0.0552. The number of anilines is 1. The maximum atomic E-state index is 12.9. The Morgan fingerprint density at radius 1 is 0.963 bits per heavy atom. The summed E-state index contributed by atoms with van der Waals surface area (Å²) in [5.74, 6) is -0.338. The van der Waals surface area contributed by atoms with Crippen LogP contribution in [0.25, 0.3) is 21.8 Å². The van der Waals surface area contributed by atoms with Crippen molar-refractivity contribution < 1.29 is 4.79 Å². The minimum atomic E-state index is -0.505. The Kier molecular flexibility index (Phi) is 3.84. The van der Waals surface area contributed by atoms with E-state index in [1.54, 1.807) is 12.1 Å². The second-order valence-corrected chi connectivity index (χ2v) is 6.24. The zero-order valence-corrected chi connectivity index (χ0v) is 14.8. The molecule has 7 nitrogen and oxygen atoms in total. The monoisotopic (exact) mass is 360 g/mol. The van der Waals surface area contributed by atoms with E-state index in [0.717, 1.165) is 15.3 Å². The van der Waals surface area contributed by atoms with Crippen LogP contribution in [0, 0.1) is 0 Å². The number of aromatic nitrogens is 3. The van der Waals surface area contributed by atoms with Gasteiger partial charge in [0, 0.05) is 25.9 Å². The van der Waals surface area contributed by atoms with Crippen molar-refractivity contribution in [2.75, 3.05) is 5.32 Å². The minimum Gasteiger partial charge on any atom is -0.321 e. The van der Waals surface area contributed by atoms with Gasteiger partial charge in [-0.05, 0) is 22.9 Å². The van der Waals surface area contributed by atoms with Crippen molar-refractivity contribution in [2.45, 2.75) is 0 Å². The second kappa shape index (κ2) is 6.21. The summed E-state index contributed by atoms with van der Waals surface area (Å²) in [4.78, 5) is 41.8. The second-order valence-electron chi connectivity index (χ2n) is 6.24. The van der Waals surface area contributed by atoms with Gasteiger partial charge in [-0.2, -0.15) is 0 Å². The van der Waals surface area contributed by atoms with E-state index in [0.29, 0.717) is 11.3 Å². The van der Waals surface area contributed by atoms with E-state index in [2.05, 4.69) is 10.3 Å². The Morgan fingerprint density at radius 2 is 1.70 bits per heavy atom. The highest BCUT2D eigenvalue weighted by molar-refractivity contribution is 6.14. The highest BCUT2D eigenvalue weighted by Gasteiger charge is 2.16. The SMILES string of the molecule is Cn1c(=O)c2c(NC(=O)c3cccc4ccccc34)ccnc2n(C)c1=O. The summed E-state index contributed by atoms with van der Waals surface area (Å²) in [5, 5.41) is 4.75. The molecule has 0 aliphatic heterocycles. The van der Waals surface area contributed by atoms with Crippen LogP contribution in [0.4, 0.5) is 5.69 Å². The van der Waals surface area contributed by atoms with Crippen LogP contribution in [0.2, 0.25) is 0 Å². The van der Waals surface area contributed by atoms with Crippen molar-refractivity contribution in [2.24, 2.45) is 14.1 Å². The number of nitrogens with zero attached hydrogens (tertiary/aromatic N) is 3. The highest BCUT2D eigenvalue weighted by Crippen LogP contribution is 2.22. The van der Waals surface area contributed by atoms with Gasteiger partial charge in [0.2, 0.25) is 0 Å². The Bertz CT molecular complexity index is 1330. The summed E-state index contributed by atoms with van der Waals surface area (Å²) in [6, 6.07) is 14.6. The van der Waals surface area contributed by atoms with Crippen LogP contribution in [0.1, 0.15) is 10.4 Å². The average Bonchev–Trinajstić information content (AvgIpc) is 2.70. The molecule has 27 heavy (non-hydrogen) atoms. The maximum absolute atomic E-state index is 12.9. The van der Waals surface area contributed by atoms with Crippen molar-refractivity contribution in [1.82, 2.24) is 14.1 Å². The lowest BCUT2D eigenvalue weighted by Gasteiger charge is -2.12. The summed E-state index contributed by atoms with van der Waals surface area (Å²) < 4.78 is 2.28. The van der Waals surface area contributed by atoms with E-state index in [9.17, 15) is 14.4 Å². The van der Waals surface area contributed by atoms with Crippen LogP contribution in [-0.2, 0) is 14.1 Å². The van der Waals surface area contributed by atoms with E-state index in [1.165, 1.54) is 24.9 Å². The van der Waals surface area contributed by atoms with E-state index in [-0.39, 0.29) is 16.9 Å². The van der Waals surface area contributed by atoms with Crippen LogP contribution in [0.15, 0.2) is 64.3 Å². The van der Waals surface area contributed by atoms with Gasteiger partial charge in [0.1, 0.15) is 5.39 Å². The smallest absolute Gasteiger partial charge is 0.321 e. The summed E-state index contributed by atoms with van der Waals surface area (Å²) in [6.45, 7) is 0. The molecule has 0 bridgehead atoms. The Hall–Kier alpha value is -3.74. The molecule has 0 atom stereocenters. The molecule has 0 fully saturated rings. The molecule has 2 aromatic carbocycles. The number of aryl methyl sites for hydroxylation is 1. The summed E-state index contributed by atoms with van der Waals surface area (Å²) in [6.07, 6.45) is 1.46. The largest absolute Gasteiger partial charge is 0.332 e. The molecule has 0 saturated carbocycles. The fraction of sp³-hybridized carbons (Fsp3) is 0.100. The van der Waals surface area contributed by atoms with Crippen molar-refractivity contribution in [3.63, 3.8) is 0 Å². The lowest BCUT2D eigenvalue weighted by Crippen LogP contribution is -2.37. The zero-order valence-electron chi connectivity index (χ0n) is 14.8. The fourth-order valence-corrected chi connectivity index (χ4v) is 3.20. The molecular weight excluding hydrogens is 344 g/mol. The van der Waals surface area contributed by atoms with Crippen LogP contribution in [-0.4, -0.2) is 20.0 Å². The third-order valence-electron chi connectivity index (χ3n) is 4.62. The van der Waals surface area contributed by atoms with E-state index < -0.39 is 11.2 Å². The molecule has 0 aliphatic rings. The first-order valence-electron chi connectivity index (χ1n) is 8.33. The molecule has 7 heteroatoms. The van der Waals surface area contributed by atoms with Crippen LogP contribution >= 0.6 is 0 Å². The molecule has 134 valence electrons. The van der Waals surface area contributed by atoms with Gasteiger partial charge in [-0.15, -0.1) is 0 Å². The minimum absolute atomic E-state index is 0.190. The first kappa shape index (κ1) is 16.7. The van der Waals surface area contributed by atoms with Crippen molar-refractivity contribution >= 4 is 33.4 Å². The third kappa shape index (κ3) is 2.60. The molecular formula is C20H16N4O3. The Balaban J connectivity index is 1.88. The molecule has 0 unspecified atom stereocenters. The number of benzene rings is 2. The van der Waals surface area contributed by atoms with Crippen LogP contribution < -0.4 is 16.6 Å². The predicted molar refractivity (Wildman–Crippen MR) is 104 cm³/mol. The van der Waals surface area contributed by atoms with Crippen LogP contribution in [0.3, 0.4) is 0 Å². The lowest BCUT2D eigenvalue weighted by atomic mass is 10.0. The molecule has 0 spiro atoms. The molecule has 1 N–H and O–H groups in total. The van der Waals surface area contributed by atoms with Gasteiger partial charge in [0.25, 0.3) is 11.5 Å². The topological polar surface area (TPSA) is 86.0 Å². The number of nitrogens with one attached hydrogen (secondary N) is 1. The lowest BCUT2D eigenvalue weighted by molar-refractivity contribution is 0.102. The Labute approximate surface area is 153 Å². The number of hydrogen-bond donors (Lipinski definition) is 1. The standard InChI is InChI=1S/C20H16N4O3/c1-23-17-16(19(26)24(2)20(23)27)15(10-11-21-17)22-18(25)14-9-5-7-12-6-3-4-8-13(12)14/h3-11H,1-2H3,(H,21,22,25). The van der Waals surface area contributed by atoms with Gasteiger partial charge in [-0.25, -0.2) is 9.78 Å². The van der Waals surface area contributed by atoms with Gasteiger partial charge < -0.3 is 5.32 Å². The van der Waals surface area contributed by atoms with E-state index in [1.807, 2.05) is 36.4 Å². The number of carbonyl (C=O) groups is 1. The Morgan fingerprint density at radius 3 is 2.52 bits per heavy atom. The molecule has 0 saturated heterocycles. The predicted octanol–water partition coefficient (Wildman–Crippen LogP) is 2.04. The number of fused-ring (bicyclic) bond motifs is 2. The summed E-state index contributed by atoms with van der Waals surface area (Å²) >= 11 is 0. The van der Waals surface area contributed by atoms with Gasteiger partial charge in [0.05, 0.1) is 5.69 Å². The zero-order chi connectivity index (χ0) is 19.1. The molecule has 1 amide bonds. The summed E-state index contributed by atoms with van der Waals surface area (Å²) in [7, 11) is 2.93. The van der Waals surface area contributed by atoms with Crippen molar-refractivity contribution in [1.29, 1.82) is 0 Å². The fourth-order valence-electron chi connectivity index (χ4n) is 3.20. The average molecular weight is 360 g/mol. The van der Waals surface area contributed by atoms with Gasteiger partial charge in [0.15, 0.2) is 5.65 Å². The van der Waals surface area contributed by atoms with Crippen molar-refractivity contribution in [3.8, 4) is 0 Å². The molecule has 4 aromatic rings. The quantitative estimate of drug-likeness (QED) is 0.593. The van der Waals surface area contributed by atoms with Gasteiger partial charge in [-0.1, -0.05) is 36.4 Å². The highest BCUT2D eigenvalue weighted by atomic mass is 16.2. The van der Waals surface area contributed by atoms with Gasteiger partial charge in [-0.3, -0.25) is 18.7 Å². The number of carbonyl (C=O) groups excluding carboxylic acids is 1. The third-order valence-corrected chi connectivity index (χ3v) is 4.62. The molecule has 0 aliphatic carbocycles. The van der Waals surface area contributed by atoms with Gasteiger partial charge >= 0.3 is 5.69 Å². The van der Waals surface area contributed by atoms with E-state index in [4.69, 9.17) is 0 Å². The first-order valence-corrected chi connectivity index (χ1v) is 8.33. The van der Waals surface area contributed by atoms with E-state index >= 15 is 0 Å². The number of hydrogen-bond acceptors (Lipinski definition) is 4. The number of amides is 1. The molecule has 0 radical (unpaired) electrons. The normalized spacial score (nSPS) is 11.0.